The Morgan fingerprint density at radius 1 is 1.25 bits per heavy atom. The Kier molecular flexibility index (Phi) is 7.07. The molecule has 0 saturated carbocycles. The van der Waals surface area contributed by atoms with E-state index < -0.39 is 6.04 Å². The third-order valence-electron chi connectivity index (χ3n) is 5.00. The summed E-state index contributed by atoms with van der Waals surface area (Å²) >= 11 is 1.60. The van der Waals surface area contributed by atoms with Crippen LogP contribution in [0.4, 0.5) is 0 Å². The number of unbranched alkanes of at least 4 members (excludes halogenated alkanes) is 1. The number of hydrogen-bond donors (Lipinski definition) is 1. The van der Waals surface area contributed by atoms with E-state index in [1.165, 1.54) is 7.11 Å². The zero-order valence-corrected chi connectivity index (χ0v) is 17.5. The third kappa shape index (κ3) is 3.93. The molecular formula is C20H28N2O5S. The van der Waals surface area contributed by atoms with Crippen LogP contribution < -0.4 is 14.8 Å². The van der Waals surface area contributed by atoms with Gasteiger partial charge in [-0.3, -0.25) is 9.59 Å². The average Bonchev–Trinajstić information content (AvgIpc) is 3.26. The first-order chi connectivity index (χ1) is 13.6. The highest BCUT2D eigenvalue weighted by Gasteiger charge is 2.50. The van der Waals surface area contributed by atoms with Crippen LogP contribution in [0.25, 0.3) is 0 Å². The van der Waals surface area contributed by atoms with Gasteiger partial charge >= 0.3 is 0 Å². The molecule has 0 radical (unpaired) electrons. The molecule has 0 aliphatic carbocycles. The highest BCUT2D eigenvalue weighted by Crippen LogP contribution is 2.52. The summed E-state index contributed by atoms with van der Waals surface area (Å²) in [7, 11) is 3.07. The molecule has 28 heavy (non-hydrogen) atoms. The van der Waals surface area contributed by atoms with Gasteiger partial charge in [0.15, 0.2) is 11.5 Å². The molecule has 0 bridgehead atoms. The number of nitrogens with zero attached hydrogens (tertiary/aromatic N) is 1. The van der Waals surface area contributed by atoms with Gasteiger partial charge in [-0.2, -0.15) is 0 Å². The molecule has 1 aromatic carbocycles. The van der Waals surface area contributed by atoms with Gasteiger partial charge in [-0.15, -0.1) is 11.8 Å². The lowest BCUT2D eigenvalue weighted by atomic mass is 10.1. The molecule has 1 N–H and O–H groups in total. The summed E-state index contributed by atoms with van der Waals surface area (Å²) < 4.78 is 16.3. The van der Waals surface area contributed by atoms with Gasteiger partial charge in [0.1, 0.15) is 11.4 Å². The Labute approximate surface area is 170 Å². The minimum absolute atomic E-state index is 0.115. The molecule has 2 aliphatic rings. The van der Waals surface area contributed by atoms with E-state index in [4.69, 9.17) is 14.2 Å². The van der Waals surface area contributed by atoms with Gasteiger partial charge in [-0.1, -0.05) is 19.4 Å². The predicted octanol–water partition coefficient (Wildman–Crippen LogP) is 2.60. The van der Waals surface area contributed by atoms with Crippen molar-refractivity contribution in [1.82, 2.24) is 10.2 Å². The van der Waals surface area contributed by atoms with E-state index in [0.29, 0.717) is 36.0 Å². The smallest absolute Gasteiger partial charge is 0.260 e. The summed E-state index contributed by atoms with van der Waals surface area (Å²) in [6.45, 7) is 4.06. The molecule has 1 saturated heterocycles. The molecule has 0 aromatic heterocycles. The van der Waals surface area contributed by atoms with Crippen LogP contribution in [0, 0.1) is 0 Å². The third-order valence-corrected chi connectivity index (χ3v) is 6.31. The highest BCUT2D eigenvalue weighted by atomic mass is 32.2. The van der Waals surface area contributed by atoms with Crippen molar-refractivity contribution in [3.8, 4) is 11.5 Å². The lowest BCUT2D eigenvalue weighted by Crippen LogP contribution is -2.46. The van der Waals surface area contributed by atoms with Crippen LogP contribution in [0.1, 0.15) is 47.5 Å². The van der Waals surface area contributed by atoms with Crippen LogP contribution in [0.5, 0.6) is 11.5 Å². The van der Waals surface area contributed by atoms with E-state index in [9.17, 15) is 9.59 Å². The second kappa shape index (κ2) is 9.52. The van der Waals surface area contributed by atoms with Crippen LogP contribution in [-0.2, 0) is 9.53 Å². The van der Waals surface area contributed by atoms with Crippen LogP contribution in [0.2, 0.25) is 0 Å². The highest BCUT2D eigenvalue weighted by molar-refractivity contribution is 7.99. The molecule has 7 nitrogen and oxygen atoms in total. The second-order valence-corrected chi connectivity index (χ2v) is 7.90. The number of amides is 2. The number of fused-ring (bicyclic) bond motifs is 3. The van der Waals surface area contributed by atoms with E-state index in [1.54, 1.807) is 29.8 Å². The molecule has 8 heteroatoms. The molecule has 2 atom stereocenters. The molecule has 2 heterocycles. The molecule has 2 aliphatic heterocycles. The maximum Gasteiger partial charge on any atom is 0.260 e. The largest absolute Gasteiger partial charge is 0.493 e. The number of carbonyl (C=O) groups is 2. The number of thioether (sulfide) groups is 1. The quantitative estimate of drug-likeness (QED) is 0.600. The summed E-state index contributed by atoms with van der Waals surface area (Å²) in [5, 5.41) is 2.79. The molecule has 2 amide bonds. The topological polar surface area (TPSA) is 77.1 Å². The number of methoxy groups -OCH3 is 2. The van der Waals surface area contributed by atoms with E-state index in [0.717, 1.165) is 31.4 Å². The Hall–Kier alpha value is -1.93. The van der Waals surface area contributed by atoms with Crippen molar-refractivity contribution < 1.29 is 23.8 Å². The molecule has 3 rings (SSSR count). The molecule has 1 aromatic rings. The van der Waals surface area contributed by atoms with Crippen LogP contribution in [-0.4, -0.2) is 62.5 Å². The number of ether oxygens (including phenoxy) is 3. The number of nitrogens with one attached hydrogen (secondary N) is 1. The lowest BCUT2D eigenvalue weighted by Gasteiger charge is -2.22. The predicted molar refractivity (Wildman–Crippen MR) is 108 cm³/mol. The van der Waals surface area contributed by atoms with Gasteiger partial charge in [-0.25, -0.2) is 0 Å². The molecule has 0 spiro atoms. The van der Waals surface area contributed by atoms with E-state index in [2.05, 4.69) is 12.2 Å². The second-order valence-electron chi connectivity index (χ2n) is 6.79. The Morgan fingerprint density at radius 2 is 2.04 bits per heavy atom. The van der Waals surface area contributed by atoms with Crippen LogP contribution in [0.15, 0.2) is 12.1 Å². The SMILES string of the molecule is CCCCOCCCNC(=O)[C@H]1CS[C@@H]2c3ccc(OC)c(OC)c3C(=O)N12. The summed E-state index contributed by atoms with van der Waals surface area (Å²) in [5.74, 6) is 1.25. The van der Waals surface area contributed by atoms with Crippen molar-refractivity contribution in [1.29, 1.82) is 0 Å². The fraction of sp³-hybridized carbons (Fsp3) is 0.600. The van der Waals surface area contributed by atoms with Crippen LogP contribution in [0.3, 0.4) is 0 Å². The fourth-order valence-corrected chi connectivity index (χ4v) is 5.00. The van der Waals surface area contributed by atoms with Crippen molar-refractivity contribution in [2.24, 2.45) is 0 Å². The van der Waals surface area contributed by atoms with Gasteiger partial charge in [0.05, 0.1) is 19.8 Å². The maximum absolute atomic E-state index is 13.1. The fourth-order valence-electron chi connectivity index (χ4n) is 3.55. The van der Waals surface area contributed by atoms with Gasteiger partial charge < -0.3 is 24.4 Å². The van der Waals surface area contributed by atoms with E-state index in [-0.39, 0.29) is 17.2 Å². The maximum atomic E-state index is 13.1. The summed E-state index contributed by atoms with van der Waals surface area (Å²) in [6, 6.07) is 3.22. The van der Waals surface area contributed by atoms with Gasteiger partial charge in [-0.05, 0) is 18.9 Å². The summed E-state index contributed by atoms with van der Waals surface area (Å²) in [4.78, 5) is 27.4. The minimum Gasteiger partial charge on any atom is -0.493 e. The van der Waals surface area contributed by atoms with Gasteiger partial charge in [0.25, 0.3) is 5.91 Å². The number of hydrogen-bond acceptors (Lipinski definition) is 6. The van der Waals surface area contributed by atoms with E-state index in [1.807, 2.05) is 6.07 Å². The normalized spacial score (nSPS) is 20.1. The minimum atomic E-state index is -0.480. The first-order valence-electron chi connectivity index (χ1n) is 9.68. The molecule has 0 unspecified atom stereocenters. The Balaban J connectivity index is 1.61. The first-order valence-corrected chi connectivity index (χ1v) is 10.7. The van der Waals surface area contributed by atoms with Crippen LogP contribution >= 0.6 is 11.8 Å². The average molecular weight is 409 g/mol. The number of carbonyl (C=O) groups excluding carboxylic acids is 2. The van der Waals surface area contributed by atoms with Gasteiger partial charge in [0.2, 0.25) is 5.91 Å². The Bertz CT molecular complexity index is 727. The van der Waals surface area contributed by atoms with E-state index >= 15 is 0 Å². The van der Waals surface area contributed by atoms with Crippen molar-refractivity contribution in [3.05, 3.63) is 23.3 Å². The number of rotatable bonds is 10. The molecule has 1 fully saturated rings. The summed E-state index contributed by atoms with van der Waals surface area (Å²) in [5.41, 5.74) is 1.38. The van der Waals surface area contributed by atoms with Crippen molar-refractivity contribution in [3.63, 3.8) is 0 Å². The summed E-state index contributed by atoms with van der Waals surface area (Å²) in [6.07, 6.45) is 2.93. The monoisotopic (exact) mass is 408 g/mol. The Morgan fingerprint density at radius 3 is 2.75 bits per heavy atom. The van der Waals surface area contributed by atoms with Crippen molar-refractivity contribution in [2.45, 2.75) is 37.6 Å². The first kappa shape index (κ1) is 20.8. The number of benzene rings is 1. The van der Waals surface area contributed by atoms with Crippen molar-refractivity contribution >= 4 is 23.6 Å². The lowest BCUT2D eigenvalue weighted by molar-refractivity contribution is -0.124. The molecule has 154 valence electrons. The van der Waals surface area contributed by atoms with Gasteiger partial charge in [0, 0.05) is 31.1 Å². The van der Waals surface area contributed by atoms with Crippen molar-refractivity contribution in [2.75, 3.05) is 39.7 Å². The zero-order chi connectivity index (χ0) is 20.1. The molecular weight excluding hydrogens is 380 g/mol. The standard InChI is InChI=1S/C20H28N2O5S/c1-4-5-10-27-11-6-9-21-18(23)14-12-28-20-13-7-8-15(25-2)17(26-3)16(13)19(24)22(14)20/h7-8,14,20H,4-6,9-12H2,1-3H3,(H,21,23)/t14-,20-/m1/s1. The zero-order valence-electron chi connectivity index (χ0n) is 16.7.